The Hall–Kier alpha value is -2.38. The van der Waals surface area contributed by atoms with Crippen molar-refractivity contribution in [3.8, 4) is 0 Å². The van der Waals surface area contributed by atoms with Crippen molar-refractivity contribution in [1.29, 1.82) is 0 Å². The van der Waals surface area contributed by atoms with Crippen LogP contribution >= 0.6 is 0 Å². The first-order chi connectivity index (χ1) is 12.4. The molecule has 0 spiro atoms. The Morgan fingerprint density at radius 1 is 1.27 bits per heavy atom. The number of ether oxygens (including phenoxy) is 1. The van der Waals surface area contributed by atoms with Gasteiger partial charge in [-0.2, -0.15) is 0 Å². The van der Waals surface area contributed by atoms with E-state index in [1.807, 2.05) is 6.92 Å². The molecule has 0 aromatic carbocycles. The Balaban J connectivity index is 1.63. The summed E-state index contributed by atoms with van der Waals surface area (Å²) in [5, 5.41) is 0. The summed E-state index contributed by atoms with van der Waals surface area (Å²) in [5.74, 6) is 0.366. The number of nitrogens with zero attached hydrogens (tertiary/aromatic N) is 1. The highest BCUT2D eigenvalue weighted by atomic mass is 16.5. The number of Topliss-reactive ketones (excluding diaryl/α,β-unsaturated/α-hetero) is 1. The zero-order valence-corrected chi connectivity index (χ0v) is 15.0. The first kappa shape index (κ1) is 18.4. The van der Waals surface area contributed by atoms with Crippen LogP contribution in [0.5, 0.6) is 0 Å². The van der Waals surface area contributed by atoms with Crippen LogP contribution in [-0.2, 0) is 16.1 Å². The van der Waals surface area contributed by atoms with Crippen molar-refractivity contribution >= 4 is 17.6 Å². The van der Waals surface area contributed by atoms with E-state index in [9.17, 15) is 19.2 Å². The van der Waals surface area contributed by atoms with E-state index in [-0.39, 0.29) is 17.9 Å². The lowest BCUT2D eigenvalue weighted by molar-refractivity contribution is -0.144. The van der Waals surface area contributed by atoms with Gasteiger partial charge in [0.1, 0.15) is 11.4 Å². The van der Waals surface area contributed by atoms with Crippen molar-refractivity contribution < 1.29 is 14.3 Å². The number of nitrogens with one attached hydrogen (secondary N) is 1. The fraction of sp³-hybridized carbons (Fsp3) is 0.667. The minimum atomic E-state index is -0.853. The molecule has 0 unspecified atom stereocenters. The second kappa shape index (κ2) is 7.47. The largest absolute Gasteiger partial charge is 0.457 e. The van der Waals surface area contributed by atoms with Crippen molar-refractivity contribution in [2.45, 2.75) is 52.0 Å². The number of nitrogen functional groups attached to an aromatic ring is 1. The first-order valence-electron chi connectivity index (χ1n) is 9.22. The third-order valence-electron chi connectivity index (χ3n) is 5.64. The van der Waals surface area contributed by atoms with Crippen LogP contribution in [0.2, 0.25) is 0 Å². The summed E-state index contributed by atoms with van der Waals surface area (Å²) in [6.45, 7) is 1.58. The summed E-state index contributed by atoms with van der Waals surface area (Å²) >= 11 is 0. The van der Waals surface area contributed by atoms with Gasteiger partial charge in [0.05, 0.1) is 0 Å². The van der Waals surface area contributed by atoms with Gasteiger partial charge in [-0.05, 0) is 43.4 Å². The second-order valence-electron chi connectivity index (χ2n) is 7.39. The standard InChI is InChI=1S/C18H25N3O5/c1-2-5-21-16(19)15(17(24)20-18(21)25)13(22)9-26-14(23)8-12-7-10-3-4-11(12)6-10/h10-12H,2-9,19H2,1H3,(H,20,24,25)/t10-,11+,12-/m0/s1. The molecule has 0 radical (unpaired) electrons. The molecule has 2 bridgehead atoms. The summed E-state index contributed by atoms with van der Waals surface area (Å²) < 4.78 is 6.23. The smallest absolute Gasteiger partial charge is 0.329 e. The third kappa shape index (κ3) is 3.59. The molecule has 2 fully saturated rings. The van der Waals surface area contributed by atoms with Crippen LogP contribution in [0.25, 0.3) is 0 Å². The van der Waals surface area contributed by atoms with Crippen molar-refractivity contribution in [2.24, 2.45) is 17.8 Å². The number of fused-ring (bicyclic) bond motifs is 2. The van der Waals surface area contributed by atoms with Gasteiger partial charge in [0, 0.05) is 13.0 Å². The van der Waals surface area contributed by atoms with E-state index in [4.69, 9.17) is 10.5 Å². The number of ketones is 1. The highest BCUT2D eigenvalue weighted by Crippen LogP contribution is 2.49. The van der Waals surface area contributed by atoms with Crippen LogP contribution in [0, 0.1) is 17.8 Å². The molecule has 0 amide bonds. The molecule has 1 heterocycles. The quantitative estimate of drug-likeness (QED) is 0.552. The molecule has 8 heteroatoms. The summed E-state index contributed by atoms with van der Waals surface area (Å²) in [6, 6.07) is 0. The summed E-state index contributed by atoms with van der Waals surface area (Å²) in [5.41, 5.74) is 4.00. The number of aromatic nitrogens is 2. The number of H-pyrrole nitrogens is 1. The van der Waals surface area contributed by atoms with Gasteiger partial charge in [-0.3, -0.25) is 23.9 Å². The third-order valence-corrected chi connectivity index (χ3v) is 5.64. The molecule has 2 saturated carbocycles. The SMILES string of the molecule is CCCn1c(N)c(C(=O)COC(=O)C[C@@H]2C[C@H]3CC[C@@H]2C3)c(=O)[nH]c1=O. The molecule has 1 aromatic heterocycles. The zero-order valence-electron chi connectivity index (χ0n) is 15.0. The molecular formula is C18H25N3O5. The van der Waals surface area contributed by atoms with E-state index in [1.54, 1.807) is 0 Å². The first-order valence-corrected chi connectivity index (χ1v) is 9.22. The van der Waals surface area contributed by atoms with Gasteiger partial charge in [0.2, 0.25) is 5.78 Å². The number of carbonyl (C=O) groups is 2. The predicted molar refractivity (Wildman–Crippen MR) is 94.9 cm³/mol. The Morgan fingerprint density at radius 2 is 2.04 bits per heavy atom. The van der Waals surface area contributed by atoms with Gasteiger partial charge < -0.3 is 10.5 Å². The van der Waals surface area contributed by atoms with Gasteiger partial charge in [-0.1, -0.05) is 13.3 Å². The number of rotatable bonds is 7. The van der Waals surface area contributed by atoms with Gasteiger partial charge >= 0.3 is 11.7 Å². The van der Waals surface area contributed by atoms with Crippen molar-refractivity contribution in [2.75, 3.05) is 12.3 Å². The summed E-state index contributed by atoms with van der Waals surface area (Å²) in [4.78, 5) is 50.2. The monoisotopic (exact) mass is 363 g/mol. The fourth-order valence-electron chi connectivity index (χ4n) is 4.42. The highest BCUT2D eigenvalue weighted by molar-refractivity contribution is 6.01. The summed E-state index contributed by atoms with van der Waals surface area (Å²) in [6.07, 6.45) is 5.61. The van der Waals surface area contributed by atoms with Crippen LogP contribution in [0.4, 0.5) is 5.82 Å². The van der Waals surface area contributed by atoms with E-state index in [1.165, 1.54) is 19.3 Å². The molecule has 3 rings (SSSR count). The molecule has 26 heavy (non-hydrogen) atoms. The second-order valence-corrected chi connectivity index (χ2v) is 7.39. The Morgan fingerprint density at radius 3 is 2.65 bits per heavy atom. The number of hydrogen-bond acceptors (Lipinski definition) is 6. The number of anilines is 1. The van der Waals surface area contributed by atoms with E-state index in [0.717, 1.165) is 16.9 Å². The maximum Gasteiger partial charge on any atom is 0.329 e. The Bertz CT molecular complexity index is 825. The molecule has 142 valence electrons. The highest BCUT2D eigenvalue weighted by Gasteiger charge is 2.40. The topological polar surface area (TPSA) is 124 Å². The average Bonchev–Trinajstić information content (AvgIpc) is 3.19. The zero-order chi connectivity index (χ0) is 18.8. The lowest BCUT2D eigenvalue weighted by atomic mass is 9.86. The van der Waals surface area contributed by atoms with E-state index < -0.39 is 29.6 Å². The minimum Gasteiger partial charge on any atom is -0.457 e. The van der Waals surface area contributed by atoms with Gasteiger partial charge in [-0.25, -0.2) is 4.79 Å². The van der Waals surface area contributed by atoms with Crippen LogP contribution in [0.3, 0.4) is 0 Å². The number of carbonyl (C=O) groups excluding carboxylic acids is 2. The van der Waals surface area contributed by atoms with E-state index >= 15 is 0 Å². The predicted octanol–water partition coefficient (Wildman–Crippen LogP) is 1.08. The minimum absolute atomic E-state index is 0.185. The molecule has 0 saturated heterocycles. The van der Waals surface area contributed by atoms with Crippen LogP contribution in [0.15, 0.2) is 9.59 Å². The van der Waals surface area contributed by atoms with E-state index in [0.29, 0.717) is 24.7 Å². The molecule has 2 aliphatic carbocycles. The molecule has 2 aliphatic rings. The molecular weight excluding hydrogens is 338 g/mol. The molecule has 3 N–H and O–H groups in total. The maximum absolute atomic E-state index is 12.3. The normalized spacial score (nSPS) is 24.0. The lowest BCUT2D eigenvalue weighted by Crippen LogP contribution is -2.37. The molecule has 8 nitrogen and oxygen atoms in total. The number of esters is 1. The van der Waals surface area contributed by atoms with E-state index in [2.05, 4.69) is 4.98 Å². The molecule has 3 atom stereocenters. The van der Waals surface area contributed by atoms with Crippen molar-refractivity contribution in [3.63, 3.8) is 0 Å². The van der Waals surface area contributed by atoms with Crippen molar-refractivity contribution in [3.05, 3.63) is 26.4 Å². The number of nitrogens with two attached hydrogens (primary N) is 1. The molecule has 0 aliphatic heterocycles. The number of aromatic amines is 1. The van der Waals surface area contributed by atoms with Gasteiger partial charge in [-0.15, -0.1) is 0 Å². The van der Waals surface area contributed by atoms with Crippen LogP contribution in [-0.4, -0.2) is 27.9 Å². The van der Waals surface area contributed by atoms with Crippen LogP contribution in [0.1, 0.15) is 55.8 Å². The Labute approximate surface area is 150 Å². The van der Waals surface area contributed by atoms with Gasteiger partial charge in [0.25, 0.3) is 5.56 Å². The maximum atomic E-state index is 12.3. The Kier molecular flexibility index (Phi) is 5.29. The van der Waals surface area contributed by atoms with Gasteiger partial charge in [0.15, 0.2) is 6.61 Å². The number of hydrogen-bond donors (Lipinski definition) is 2. The van der Waals surface area contributed by atoms with Crippen molar-refractivity contribution in [1.82, 2.24) is 9.55 Å². The lowest BCUT2D eigenvalue weighted by Gasteiger charge is -2.20. The van der Waals surface area contributed by atoms with Crippen LogP contribution < -0.4 is 17.0 Å². The summed E-state index contributed by atoms with van der Waals surface area (Å²) in [7, 11) is 0. The molecule has 1 aromatic rings. The average molecular weight is 363 g/mol. The fourth-order valence-corrected chi connectivity index (χ4v) is 4.42.